The number of hydrogen-bond acceptors (Lipinski definition) is 6. The highest BCUT2D eigenvalue weighted by molar-refractivity contribution is 7.17. The number of hydrogen-bond donors (Lipinski definition) is 2. The third-order valence-corrected chi connectivity index (χ3v) is 6.05. The molecule has 2 N–H and O–H groups in total. The van der Waals surface area contributed by atoms with Gasteiger partial charge < -0.3 is 10.1 Å². The van der Waals surface area contributed by atoms with Crippen molar-refractivity contribution in [3.8, 4) is 0 Å². The van der Waals surface area contributed by atoms with Gasteiger partial charge in [0.1, 0.15) is 5.00 Å². The number of anilines is 1. The summed E-state index contributed by atoms with van der Waals surface area (Å²) in [6, 6.07) is 7.56. The van der Waals surface area contributed by atoms with Crippen molar-refractivity contribution in [2.24, 2.45) is 11.0 Å². The van der Waals surface area contributed by atoms with E-state index in [-0.39, 0.29) is 6.61 Å². The molecule has 0 fully saturated rings. The number of carbonyl (C=O) groups excluding carboxylic acids is 3. The lowest BCUT2D eigenvalue weighted by Gasteiger charge is -2.18. The molecule has 1 unspecified atom stereocenters. The fraction of sp³-hybridized carbons (Fsp3) is 0.364. The van der Waals surface area contributed by atoms with Gasteiger partial charge in [0.15, 0.2) is 0 Å². The number of carbonyl (C=O) groups is 3. The van der Waals surface area contributed by atoms with Gasteiger partial charge in [-0.2, -0.15) is 5.10 Å². The lowest BCUT2D eigenvalue weighted by Crippen LogP contribution is -2.32. The summed E-state index contributed by atoms with van der Waals surface area (Å²) >= 11 is 1.34. The molecule has 1 heterocycles. The third kappa shape index (κ3) is 5.13. The highest BCUT2D eigenvalue weighted by Gasteiger charge is 2.30. The molecule has 1 aliphatic carbocycles. The van der Waals surface area contributed by atoms with Gasteiger partial charge in [-0.3, -0.25) is 9.59 Å². The van der Waals surface area contributed by atoms with Crippen LogP contribution >= 0.6 is 11.3 Å². The first kappa shape index (κ1) is 21.7. The van der Waals surface area contributed by atoms with E-state index < -0.39 is 17.8 Å². The molecule has 1 aromatic heterocycles. The van der Waals surface area contributed by atoms with Gasteiger partial charge in [-0.25, -0.2) is 10.2 Å². The fourth-order valence-corrected chi connectivity index (χ4v) is 4.68. The Morgan fingerprint density at radius 2 is 1.97 bits per heavy atom. The van der Waals surface area contributed by atoms with Crippen molar-refractivity contribution in [1.82, 2.24) is 5.43 Å². The van der Waals surface area contributed by atoms with Crippen LogP contribution in [0.1, 0.15) is 52.2 Å². The number of fused-ring (bicyclic) bond motifs is 1. The van der Waals surface area contributed by atoms with E-state index in [1.807, 2.05) is 31.2 Å². The Labute approximate surface area is 179 Å². The summed E-state index contributed by atoms with van der Waals surface area (Å²) in [6.07, 6.45) is 4.02. The van der Waals surface area contributed by atoms with Crippen LogP contribution in [-0.2, 0) is 27.2 Å². The van der Waals surface area contributed by atoms with E-state index in [1.54, 1.807) is 6.92 Å². The maximum atomic E-state index is 12.5. The molecule has 7 nitrogen and oxygen atoms in total. The molecule has 0 aliphatic heterocycles. The standard InChI is InChI=1S/C22H25N3O4S/c1-4-29-22(28)18-16-10-7-14(3)11-17(16)30-21(18)24-19(26)20(27)25-23-12-15-8-5-13(2)6-9-15/h5-6,8-9,12,14H,4,7,10-11H2,1-3H3,(H,24,26)(H,25,27)/b23-12+. The number of nitrogens with one attached hydrogen (secondary N) is 2. The maximum absolute atomic E-state index is 12.5. The van der Waals surface area contributed by atoms with Crippen LogP contribution < -0.4 is 10.7 Å². The first-order chi connectivity index (χ1) is 14.4. The van der Waals surface area contributed by atoms with E-state index in [0.717, 1.165) is 40.8 Å². The van der Waals surface area contributed by atoms with Crippen molar-refractivity contribution in [3.05, 3.63) is 51.4 Å². The first-order valence-electron chi connectivity index (χ1n) is 9.91. The molecule has 1 atom stereocenters. The quantitative estimate of drug-likeness (QED) is 0.331. The molecule has 2 aromatic rings. The number of aryl methyl sites for hydroxylation is 1. The molecular formula is C22H25N3O4S. The predicted molar refractivity (Wildman–Crippen MR) is 117 cm³/mol. The number of hydrazone groups is 1. The average molecular weight is 428 g/mol. The van der Waals surface area contributed by atoms with Crippen LogP contribution in [-0.4, -0.2) is 30.6 Å². The zero-order valence-corrected chi connectivity index (χ0v) is 18.1. The van der Waals surface area contributed by atoms with Gasteiger partial charge in [0.25, 0.3) is 0 Å². The van der Waals surface area contributed by atoms with Gasteiger partial charge in [0.05, 0.1) is 18.4 Å². The molecule has 0 spiro atoms. The number of benzene rings is 1. The van der Waals surface area contributed by atoms with Crippen LogP contribution in [0.2, 0.25) is 0 Å². The average Bonchev–Trinajstić information content (AvgIpc) is 3.06. The molecule has 1 aliphatic rings. The predicted octanol–water partition coefficient (Wildman–Crippen LogP) is 3.45. The van der Waals surface area contributed by atoms with Crippen molar-refractivity contribution in [2.45, 2.75) is 40.0 Å². The maximum Gasteiger partial charge on any atom is 0.341 e. The molecular weight excluding hydrogens is 402 g/mol. The van der Waals surface area contributed by atoms with Gasteiger partial charge in [-0.05, 0) is 50.2 Å². The Morgan fingerprint density at radius 1 is 1.23 bits per heavy atom. The summed E-state index contributed by atoms with van der Waals surface area (Å²) < 4.78 is 5.18. The number of rotatable bonds is 5. The second-order valence-corrected chi connectivity index (χ2v) is 8.45. The van der Waals surface area contributed by atoms with E-state index in [9.17, 15) is 14.4 Å². The number of ether oxygens (including phenoxy) is 1. The Morgan fingerprint density at radius 3 is 2.67 bits per heavy atom. The molecule has 1 aromatic carbocycles. The summed E-state index contributed by atoms with van der Waals surface area (Å²) in [4.78, 5) is 38.1. The molecule has 30 heavy (non-hydrogen) atoms. The fourth-order valence-electron chi connectivity index (χ4n) is 3.29. The highest BCUT2D eigenvalue weighted by atomic mass is 32.1. The highest BCUT2D eigenvalue weighted by Crippen LogP contribution is 2.40. The number of esters is 1. The van der Waals surface area contributed by atoms with Gasteiger partial charge >= 0.3 is 17.8 Å². The first-order valence-corrected chi connectivity index (χ1v) is 10.7. The van der Waals surface area contributed by atoms with Crippen molar-refractivity contribution in [3.63, 3.8) is 0 Å². The number of nitrogens with zero attached hydrogens (tertiary/aromatic N) is 1. The molecule has 0 bridgehead atoms. The third-order valence-electron chi connectivity index (χ3n) is 4.88. The smallest absolute Gasteiger partial charge is 0.341 e. The largest absolute Gasteiger partial charge is 0.462 e. The number of thiophene rings is 1. The van der Waals surface area contributed by atoms with Gasteiger partial charge in [-0.15, -0.1) is 11.3 Å². The van der Waals surface area contributed by atoms with Gasteiger partial charge in [0, 0.05) is 4.88 Å². The minimum Gasteiger partial charge on any atom is -0.462 e. The second-order valence-electron chi connectivity index (χ2n) is 7.34. The second kappa shape index (κ2) is 9.67. The van der Waals surface area contributed by atoms with Crippen molar-refractivity contribution in [1.29, 1.82) is 0 Å². The summed E-state index contributed by atoms with van der Waals surface area (Å²) in [5.41, 5.74) is 5.41. The molecule has 158 valence electrons. The topological polar surface area (TPSA) is 96.9 Å². The zero-order valence-electron chi connectivity index (χ0n) is 17.3. The lowest BCUT2D eigenvalue weighted by atomic mass is 9.88. The summed E-state index contributed by atoms with van der Waals surface area (Å²) in [6.45, 7) is 6.10. The molecule has 3 rings (SSSR count). The van der Waals surface area contributed by atoms with Crippen LogP contribution in [0.4, 0.5) is 5.00 Å². The zero-order chi connectivity index (χ0) is 21.7. The van der Waals surface area contributed by atoms with Crippen molar-refractivity contribution >= 4 is 40.3 Å². The van der Waals surface area contributed by atoms with E-state index in [4.69, 9.17) is 4.74 Å². The Bertz CT molecular complexity index is 979. The lowest BCUT2D eigenvalue weighted by molar-refractivity contribution is -0.136. The molecule has 8 heteroatoms. The Kier molecular flexibility index (Phi) is 6.99. The Hall–Kier alpha value is -3.00. The van der Waals surface area contributed by atoms with Crippen LogP contribution in [0.3, 0.4) is 0 Å². The monoisotopic (exact) mass is 427 g/mol. The normalized spacial score (nSPS) is 15.5. The summed E-state index contributed by atoms with van der Waals surface area (Å²) in [5.74, 6) is -1.76. The Balaban J connectivity index is 1.71. The van der Waals surface area contributed by atoms with Crippen molar-refractivity contribution in [2.75, 3.05) is 11.9 Å². The minimum atomic E-state index is -0.909. The van der Waals surface area contributed by atoms with Crippen LogP contribution in [0.15, 0.2) is 29.4 Å². The molecule has 2 amide bonds. The molecule has 0 saturated heterocycles. The SMILES string of the molecule is CCOC(=O)c1c(NC(=O)C(=O)N/N=C/c2ccc(C)cc2)sc2c1CCC(C)C2. The summed E-state index contributed by atoms with van der Waals surface area (Å²) in [7, 11) is 0. The van der Waals surface area contributed by atoms with Crippen LogP contribution in [0.25, 0.3) is 0 Å². The van der Waals surface area contributed by atoms with Crippen molar-refractivity contribution < 1.29 is 19.1 Å². The number of amides is 2. The van der Waals surface area contributed by atoms with Gasteiger partial charge in [-0.1, -0.05) is 36.8 Å². The summed E-state index contributed by atoms with van der Waals surface area (Å²) in [5, 5.41) is 6.75. The van der Waals surface area contributed by atoms with E-state index in [0.29, 0.717) is 16.5 Å². The van der Waals surface area contributed by atoms with Crippen LogP contribution in [0.5, 0.6) is 0 Å². The minimum absolute atomic E-state index is 0.238. The van der Waals surface area contributed by atoms with E-state index in [1.165, 1.54) is 17.6 Å². The molecule has 0 radical (unpaired) electrons. The molecule has 0 saturated carbocycles. The van der Waals surface area contributed by atoms with E-state index >= 15 is 0 Å². The van der Waals surface area contributed by atoms with E-state index in [2.05, 4.69) is 22.8 Å². The van der Waals surface area contributed by atoms with Gasteiger partial charge in [0.2, 0.25) is 0 Å². The van der Waals surface area contributed by atoms with Crippen LogP contribution in [0, 0.1) is 12.8 Å².